The van der Waals surface area contributed by atoms with Crippen LogP contribution >= 0.6 is 11.3 Å². The number of carbonyl (C=O) groups is 1. The summed E-state index contributed by atoms with van der Waals surface area (Å²) in [5.74, 6) is 0.0344. The largest absolute Gasteiger partial charge is 0.332 e. The third-order valence-electron chi connectivity index (χ3n) is 5.83. The fourth-order valence-electron chi connectivity index (χ4n) is 4.23. The second-order valence-corrected chi connectivity index (χ2v) is 8.88. The average molecular weight is 424 g/mol. The molecule has 3 heterocycles. The van der Waals surface area contributed by atoms with Crippen molar-refractivity contribution in [2.45, 2.75) is 45.7 Å². The number of nitrogens with zero attached hydrogens (tertiary/aromatic N) is 4. The Kier molecular flexibility index (Phi) is 6.29. The summed E-state index contributed by atoms with van der Waals surface area (Å²) < 4.78 is 0. The molecule has 1 aromatic carbocycles. The van der Waals surface area contributed by atoms with E-state index in [1.165, 1.54) is 11.3 Å². The Labute approximate surface area is 181 Å². The van der Waals surface area contributed by atoms with Crippen LogP contribution in [0.25, 0.3) is 21.8 Å². The summed E-state index contributed by atoms with van der Waals surface area (Å²) >= 11 is 1.50. The Morgan fingerprint density at radius 1 is 1.27 bits per heavy atom. The number of rotatable bonds is 6. The van der Waals surface area contributed by atoms with Crippen LogP contribution < -0.4 is 0 Å². The maximum atomic E-state index is 13.4. The molecule has 0 aliphatic carbocycles. The number of carbonyl (C=O) groups excluding carboxylic acids is 1. The molecule has 1 saturated heterocycles. The smallest absolute Gasteiger partial charge is 0.273 e. The van der Waals surface area contributed by atoms with Gasteiger partial charge in [0.2, 0.25) is 0 Å². The summed E-state index contributed by atoms with van der Waals surface area (Å²) in [4.78, 5) is 22.6. The molecule has 3 aromatic rings. The molecule has 1 amide bonds. The number of aromatic nitrogens is 3. The molecule has 0 atom stereocenters. The van der Waals surface area contributed by atoms with Gasteiger partial charge in [-0.25, -0.2) is 4.98 Å². The molecule has 0 spiro atoms. The van der Waals surface area contributed by atoms with Crippen LogP contribution in [0.1, 0.15) is 44.1 Å². The molecule has 158 valence electrons. The zero-order chi connectivity index (χ0) is 21.1. The Morgan fingerprint density at radius 2 is 2.00 bits per heavy atom. The minimum atomic E-state index is 0.0344. The third-order valence-corrected chi connectivity index (χ3v) is 6.71. The molecule has 0 bridgehead atoms. The first kappa shape index (κ1) is 20.8. The molecule has 0 radical (unpaired) electrons. The quantitative estimate of drug-likeness (QED) is 0.632. The van der Waals surface area contributed by atoms with E-state index in [4.69, 9.17) is 4.98 Å². The Hall–Kier alpha value is -2.51. The van der Waals surface area contributed by atoms with Crippen molar-refractivity contribution < 1.29 is 4.79 Å². The molecule has 6 nitrogen and oxygen atoms in total. The Balaban J connectivity index is 1.56. The SMILES string of the molecule is CCN1CCC(N(C(=O)c2csc(-c3c[nH]nc3-c3ccccc3)n2)C(C)C)CC1. The standard InChI is InChI=1S/C23H29N5OS/c1-4-27-12-10-18(11-13-27)28(16(2)3)23(29)20-15-30-22(25-20)19-14-24-26-21(19)17-8-6-5-7-9-17/h5-9,14-16,18H,4,10-13H2,1-3H3,(H,24,26). The second-order valence-electron chi connectivity index (χ2n) is 8.02. The molecule has 0 unspecified atom stereocenters. The van der Waals surface area contributed by atoms with Crippen LogP contribution in [0.4, 0.5) is 0 Å². The number of benzene rings is 1. The lowest BCUT2D eigenvalue weighted by Crippen LogP contribution is -2.50. The zero-order valence-corrected chi connectivity index (χ0v) is 18.7. The lowest BCUT2D eigenvalue weighted by molar-refractivity contribution is 0.0485. The van der Waals surface area contributed by atoms with Crippen LogP contribution in [0, 0.1) is 0 Å². The number of piperidine rings is 1. The number of hydrogen-bond acceptors (Lipinski definition) is 5. The van der Waals surface area contributed by atoms with Gasteiger partial charge in [0.05, 0.1) is 5.56 Å². The van der Waals surface area contributed by atoms with Crippen LogP contribution in [0.5, 0.6) is 0 Å². The molecule has 4 rings (SSSR count). The lowest BCUT2D eigenvalue weighted by Gasteiger charge is -2.40. The number of hydrogen-bond donors (Lipinski definition) is 1. The molecule has 7 heteroatoms. The van der Waals surface area contributed by atoms with Crippen LogP contribution in [0.2, 0.25) is 0 Å². The van der Waals surface area contributed by atoms with Gasteiger partial charge in [0, 0.05) is 42.3 Å². The lowest BCUT2D eigenvalue weighted by atomic mass is 10.0. The third kappa shape index (κ3) is 4.18. The fraction of sp³-hybridized carbons (Fsp3) is 0.435. The highest BCUT2D eigenvalue weighted by Gasteiger charge is 2.31. The van der Waals surface area contributed by atoms with E-state index in [1.807, 2.05) is 46.8 Å². The first-order chi connectivity index (χ1) is 14.6. The van der Waals surface area contributed by atoms with Crippen LogP contribution in [-0.2, 0) is 0 Å². The summed E-state index contributed by atoms with van der Waals surface area (Å²) in [5.41, 5.74) is 3.35. The van der Waals surface area contributed by atoms with Crippen molar-refractivity contribution >= 4 is 17.2 Å². The van der Waals surface area contributed by atoms with E-state index >= 15 is 0 Å². The van der Waals surface area contributed by atoms with E-state index in [2.05, 4.69) is 35.9 Å². The van der Waals surface area contributed by atoms with Gasteiger partial charge in [-0.2, -0.15) is 5.10 Å². The minimum Gasteiger partial charge on any atom is -0.332 e. The van der Waals surface area contributed by atoms with Crippen molar-refractivity contribution in [3.63, 3.8) is 0 Å². The summed E-state index contributed by atoms with van der Waals surface area (Å²) in [7, 11) is 0. The summed E-state index contributed by atoms with van der Waals surface area (Å²) in [6, 6.07) is 10.5. The molecule has 1 N–H and O–H groups in total. The maximum Gasteiger partial charge on any atom is 0.273 e. The zero-order valence-electron chi connectivity index (χ0n) is 17.8. The number of likely N-dealkylation sites (tertiary alicyclic amines) is 1. The molecule has 1 aliphatic rings. The van der Waals surface area contributed by atoms with Crippen molar-refractivity contribution in [1.29, 1.82) is 0 Å². The fourth-order valence-corrected chi connectivity index (χ4v) is 5.04. The number of nitrogens with one attached hydrogen (secondary N) is 1. The molecular formula is C23H29N5OS. The maximum absolute atomic E-state index is 13.4. The van der Waals surface area contributed by atoms with Crippen molar-refractivity contribution in [2.24, 2.45) is 0 Å². The predicted octanol–water partition coefficient (Wildman–Crippen LogP) is 4.54. The van der Waals surface area contributed by atoms with E-state index < -0.39 is 0 Å². The molecule has 30 heavy (non-hydrogen) atoms. The Bertz CT molecular complexity index is 972. The van der Waals surface area contributed by atoms with Crippen molar-refractivity contribution in [3.05, 3.63) is 47.6 Å². The van der Waals surface area contributed by atoms with Gasteiger partial charge in [-0.05, 0) is 33.2 Å². The van der Waals surface area contributed by atoms with Gasteiger partial charge in [0.1, 0.15) is 16.4 Å². The van der Waals surface area contributed by atoms with Gasteiger partial charge >= 0.3 is 0 Å². The monoisotopic (exact) mass is 423 g/mol. The topological polar surface area (TPSA) is 65.1 Å². The van der Waals surface area contributed by atoms with Gasteiger partial charge in [-0.3, -0.25) is 9.89 Å². The molecular weight excluding hydrogens is 394 g/mol. The molecule has 1 fully saturated rings. The number of thiazole rings is 1. The van der Waals surface area contributed by atoms with E-state index in [9.17, 15) is 4.79 Å². The number of H-pyrrole nitrogens is 1. The predicted molar refractivity (Wildman–Crippen MR) is 122 cm³/mol. The van der Waals surface area contributed by atoms with Gasteiger partial charge in [0.25, 0.3) is 5.91 Å². The molecule has 0 saturated carbocycles. The van der Waals surface area contributed by atoms with E-state index in [0.717, 1.165) is 54.3 Å². The number of aromatic amines is 1. The van der Waals surface area contributed by atoms with E-state index in [-0.39, 0.29) is 18.0 Å². The van der Waals surface area contributed by atoms with E-state index in [1.54, 1.807) is 0 Å². The van der Waals surface area contributed by atoms with Gasteiger partial charge in [0.15, 0.2) is 0 Å². The normalized spacial score (nSPS) is 15.6. The summed E-state index contributed by atoms with van der Waals surface area (Å²) in [6.07, 6.45) is 3.90. The second kappa shape index (κ2) is 9.10. The van der Waals surface area contributed by atoms with Gasteiger partial charge in [-0.1, -0.05) is 37.3 Å². The first-order valence-corrected chi connectivity index (χ1v) is 11.6. The van der Waals surface area contributed by atoms with Crippen LogP contribution in [-0.4, -0.2) is 62.6 Å². The molecule has 2 aromatic heterocycles. The Morgan fingerprint density at radius 3 is 2.67 bits per heavy atom. The summed E-state index contributed by atoms with van der Waals surface area (Å²) in [6.45, 7) is 9.57. The average Bonchev–Trinajstić information content (AvgIpc) is 3.44. The van der Waals surface area contributed by atoms with Crippen LogP contribution in [0.15, 0.2) is 41.9 Å². The highest BCUT2D eigenvalue weighted by Crippen LogP contribution is 2.32. The van der Waals surface area contributed by atoms with Crippen molar-refractivity contribution in [3.8, 4) is 21.8 Å². The number of amides is 1. The molecule has 1 aliphatic heterocycles. The summed E-state index contributed by atoms with van der Waals surface area (Å²) in [5, 5.41) is 10.1. The highest BCUT2D eigenvalue weighted by atomic mass is 32.1. The minimum absolute atomic E-state index is 0.0344. The first-order valence-electron chi connectivity index (χ1n) is 10.7. The van der Waals surface area contributed by atoms with Crippen molar-refractivity contribution in [1.82, 2.24) is 25.0 Å². The van der Waals surface area contributed by atoms with Crippen LogP contribution in [0.3, 0.4) is 0 Å². The van der Waals surface area contributed by atoms with Crippen molar-refractivity contribution in [2.75, 3.05) is 19.6 Å². The van der Waals surface area contributed by atoms with Gasteiger partial charge < -0.3 is 9.80 Å². The van der Waals surface area contributed by atoms with Gasteiger partial charge in [-0.15, -0.1) is 11.3 Å². The highest BCUT2D eigenvalue weighted by molar-refractivity contribution is 7.13. The van der Waals surface area contributed by atoms with E-state index in [0.29, 0.717) is 5.69 Å².